The largest absolute Gasteiger partial charge is 0.375 e. The Balaban J connectivity index is 2.00. The van der Waals surface area contributed by atoms with E-state index in [1.54, 1.807) is 7.11 Å². The average molecular weight is 284 g/mol. The van der Waals surface area contributed by atoms with Crippen molar-refractivity contribution in [2.45, 2.75) is 18.9 Å². The van der Waals surface area contributed by atoms with Gasteiger partial charge in [0, 0.05) is 18.1 Å². The van der Waals surface area contributed by atoms with Gasteiger partial charge in [0.2, 0.25) is 0 Å². The van der Waals surface area contributed by atoms with Gasteiger partial charge in [0.15, 0.2) is 0 Å². The zero-order valence-electron chi connectivity index (χ0n) is 9.66. The van der Waals surface area contributed by atoms with Gasteiger partial charge >= 0.3 is 0 Å². The van der Waals surface area contributed by atoms with E-state index in [0.717, 1.165) is 11.0 Å². The number of benzene rings is 1. The minimum atomic E-state index is 0.200. The molecule has 0 bridgehead atoms. The van der Waals surface area contributed by atoms with E-state index in [1.165, 1.54) is 31.5 Å². The van der Waals surface area contributed by atoms with Crippen molar-refractivity contribution in [3.05, 3.63) is 34.3 Å². The van der Waals surface area contributed by atoms with Gasteiger partial charge in [0.05, 0.1) is 6.10 Å². The van der Waals surface area contributed by atoms with Crippen molar-refractivity contribution in [2.24, 2.45) is 0 Å². The molecule has 1 atom stereocenters. The third-order valence-electron chi connectivity index (χ3n) is 3.15. The maximum Gasteiger partial charge on any atom is 0.0947 e. The second-order valence-corrected chi connectivity index (χ2v) is 5.20. The number of hydrogen-bond donors (Lipinski definition) is 0. The Bertz CT molecular complexity index is 319. The van der Waals surface area contributed by atoms with Crippen LogP contribution in [0.4, 0.5) is 0 Å². The van der Waals surface area contributed by atoms with E-state index in [1.807, 2.05) is 0 Å². The molecule has 0 saturated carbocycles. The Morgan fingerprint density at radius 3 is 2.44 bits per heavy atom. The molecule has 0 amide bonds. The van der Waals surface area contributed by atoms with Gasteiger partial charge in [-0.25, -0.2) is 0 Å². The summed E-state index contributed by atoms with van der Waals surface area (Å²) in [4.78, 5) is 2.48. The standard InChI is InChI=1S/C13H18BrNO/c1-16-13(10-15-8-2-3-9-15)11-4-6-12(14)7-5-11/h4-7,13H,2-3,8-10H2,1H3. The van der Waals surface area contributed by atoms with Gasteiger partial charge in [-0.05, 0) is 43.6 Å². The van der Waals surface area contributed by atoms with Crippen molar-refractivity contribution in [2.75, 3.05) is 26.7 Å². The van der Waals surface area contributed by atoms with Crippen LogP contribution in [0.25, 0.3) is 0 Å². The van der Waals surface area contributed by atoms with Crippen LogP contribution in [0.2, 0.25) is 0 Å². The van der Waals surface area contributed by atoms with Crippen LogP contribution in [0.5, 0.6) is 0 Å². The van der Waals surface area contributed by atoms with Gasteiger partial charge in [-0.1, -0.05) is 28.1 Å². The van der Waals surface area contributed by atoms with Crippen molar-refractivity contribution in [3.63, 3.8) is 0 Å². The average Bonchev–Trinajstić information content (AvgIpc) is 2.80. The normalized spacial score (nSPS) is 18.9. The van der Waals surface area contributed by atoms with E-state index in [2.05, 4.69) is 45.1 Å². The first-order chi connectivity index (χ1) is 7.79. The van der Waals surface area contributed by atoms with Crippen molar-refractivity contribution >= 4 is 15.9 Å². The van der Waals surface area contributed by atoms with Gasteiger partial charge in [-0.3, -0.25) is 0 Å². The monoisotopic (exact) mass is 283 g/mol. The summed E-state index contributed by atoms with van der Waals surface area (Å²) in [6.07, 6.45) is 2.86. The van der Waals surface area contributed by atoms with Gasteiger partial charge in [-0.15, -0.1) is 0 Å². The Hall–Kier alpha value is -0.380. The lowest BCUT2D eigenvalue weighted by Crippen LogP contribution is -2.26. The molecule has 1 saturated heterocycles. The first-order valence-electron chi connectivity index (χ1n) is 5.80. The number of nitrogens with zero attached hydrogens (tertiary/aromatic N) is 1. The van der Waals surface area contributed by atoms with Crippen LogP contribution >= 0.6 is 15.9 Å². The van der Waals surface area contributed by atoms with Gasteiger partial charge in [0.25, 0.3) is 0 Å². The Morgan fingerprint density at radius 1 is 1.25 bits per heavy atom. The Labute approximate surface area is 106 Å². The first kappa shape index (κ1) is 12.1. The molecule has 0 aliphatic carbocycles. The second kappa shape index (κ2) is 5.80. The summed E-state index contributed by atoms with van der Waals surface area (Å²) in [6.45, 7) is 3.45. The highest BCUT2D eigenvalue weighted by molar-refractivity contribution is 9.10. The molecule has 2 rings (SSSR count). The van der Waals surface area contributed by atoms with E-state index < -0.39 is 0 Å². The summed E-state index contributed by atoms with van der Waals surface area (Å²) in [7, 11) is 1.79. The molecule has 3 heteroatoms. The summed E-state index contributed by atoms with van der Waals surface area (Å²) >= 11 is 3.45. The molecule has 1 aliphatic heterocycles. The fourth-order valence-corrected chi connectivity index (χ4v) is 2.46. The molecular formula is C13H18BrNO. The molecule has 0 spiro atoms. The SMILES string of the molecule is COC(CN1CCCC1)c1ccc(Br)cc1. The van der Waals surface area contributed by atoms with Crippen LogP contribution in [0, 0.1) is 0 Å². The first-order valence-corrected chi connectivity index (χ1v) is 6.59. The number of ether oxygens (including phenoxy) is 1. The number of hydrogen-bond acceptors (Lipinski definition) is 2. The van der Waals surface area contributed by atoms with Crippen LogP contribution in [-0.4, -0.2) is 31.6 Å². The Kier molecular flexibility index (Phi) is 4.38. The van der Waals surface area contributed by atoms with Gasteiger partial charge < -0.3 is 9.64 Å². The van der Waals surface area contributed by atoms with E-state index in [4.69, 9.17) is 4.74 Å². The summed E-state index contributed by atoms with van der Waals surface area (Å²) in [5, 5.41) is 0. The molecule has 1 aromatic rings. The lowest BCUT2D eigenvalue weighted by Gasteiger charge is -2.22. The molecule has 0 aromatic heterocycles. The lowest BCUT2D eigenvalue weighted by molar-refractivity contribution is 0.0710. The van der Waals surface area contributed by atoms with E-state index in [0.29, 0.717) is 0 Å². The molecule has 1 fully saturated rings. The van der Waals surface area contributed by atoms with Crippen molar-refractivity contribution in [1.82, 2.24) is 4.90 Å². The van der Waals surface area contributed by atoms with Crippen LogP contribution in [0.3, 0.4) is 0 Å². The predicted molar refractivity (Wildman–Crippen MR) is 69.6 cm³/mol. The fraction of sp³-hybridized carbons (Fsp3) is 0.538. The molecule has 2 nitrogen and oxygen atoms in total. The molecular weight excluding hydrogens is 266 g/mol. The minimum Gasteiger partial charge on any atom is -0.375 e. The molecule has 1 heterocycles. The third kappa shape index (κ3) is 3.06. The van der Waals surface area contributed by atoms with Gasteiger partial charge in [0.1, 0.15) is 0 Å². The van der Waals surface area contributed by atoms with Crippen LogP contribution in [-0.2, 0) is 4.74 Å². The van der Waals surface area contributed by atoms with Crippen LogP contribution in [0.1, 0.15) is 24.5 Å². The zero-order valence-corrected chi connectivity index (χ0v) is 11.2. The number of halogens is 1. The highest BCUT2D eigenvalue weighted by Gasteiger charge is 2.18. The summed E-state index contributed by atoms with van der Waals surface area (Å²) in [6, 6.07) is 8.42. The second-order valence-electron chi connectivity index (χ2n) is 4.28. The minimum absolute atomic E-state index is 0.200. The number of methoxy groups -OCH3 is 1. The quantitative estimate of drug-likeness (QED) is 0.841. The topological polar surface area (TPSA) is 12.5 Å². The molecule has 88 valence electrons. The van der Waals surface area contributed by atoms with Crippen molar-refractivity contribution < 1.29 is 4.74 Å². The maximum atomic E-state index is 5.58. The molecule has 0 N–H and O–H groups in total. The summed E-state index contributed by atoms with van der Waals surface area (Å²) in [5.41, 5.74) is 1.26. The number of rotatable bonds is 4. The van der Waals surface area contributed by atoms with Crippen LogP contribution in [0.15, 0.2) is 28.7 Å². The van der Waals surface area contributed by atoms with Crippen molar-refractivity contribution in [1.29, 1.82) is 0 Å². The maximum absolute atomic E-state index is 5.58. The fourth-order valence-electron chi connectivity index (χ4n) is 2.19. The molecule has 16 heavy (non-hydrogen) atoms. The predicted octanol–water partition coefficient (Wildman–Crippen LogP) is 3.23. The van der Waals surface area contributed by atoms with E-state index >= 15 is 0 Å². The Morgan fingerprint density at radius 2 is 1.88 bits per heavy atom. The highest BCUT2D eigenvalue weighted by Crippen LogP contribution is 2.22. The summed E-state index contributed by atoms with van der Waals surface area (Å²) < 4.78 is 6.70. The lowest BCUT2D eigenvalue weighted by atomic mass is 10.1. The van der Waals surface area contributed by atoms with E-state index in [-0.39, 0.29) is 6.10 Å². The molecule has 1 unspecified atom stereocenters. The smallest absolute Gasteiger partial charge is 0.0947 e. The molecule has 1 aliphatic rings. The summed E-state index contributed by atoms with van der Waals surface area (Å²) in [5.74, 6) is 0. The van der Waals surface area contributed by atoms with Crippen LogP contribution < -0.4 is 0 Å². The van der Waals surface area contributed by atoms with E-state index in [9.17, 15) is 0 Å². The van der Waals surface area contributed by atoms with Gasteiger partial charge in [-0.2, -0.15) is 0 Å². The number of likely N-dealkylation sites (tertiary alicyclic amines) is 1. The molecule has 0 radical (unpaired) electrons. The highest BCUT2D eigenvalue weighted by atomic mass is 79.9. The van der Waals surface area contributed by atoms with Crippen molar-refractivity contribution in [3.8, 4) is 0 Å². The molecule has 1 aromatic carbocycles. The zero-order chi connectivity index (χ0) is 11.4. The third-order valence-corrected chi connectivity index (χ3v) is 3.68.